The summed E-state index contributed by atoms with van der Waals surface area (Å²) in [5.74, 6) is 0.326. The van der Waals surface area contributed by atoms with Gasteiger partial charge in [-0.05, 0) is 51.1 Å². The quantitative estimate of drug-likeness (QED) is 0.700. The molecule has 3 rings (SSSR count). The molecular formula is C18H17Cl2N3O2. The summed E-state index contributed by atoms with van der Waals surface area (Å²) in [6.07, 6.45) is 1.56. The third-order valence-electron chi connectivity index (χ3n) is 3.35. The fourth-order valence-corrected chi connectivity index (χ4v) is 2.60. The molecule has 0 atom stereocenters. The molecule has 25 heavy (non-hydrogen) atoms. The molecule has 3 aromatic rings. The molecule has 0 saturated heterocycles. The zero-order chi connectivity index (χ0) is 18.2. The maximum Gasteiger partial charge on any atom is 0.270 e. The molecule has 130 valence electrons. The van der Waals surface area contributed by atoms with Gasteiger partial charge in [0.15, 0.2) is 5.76 Å². The fourth-order valence-electron chi connectivity index (χ4n) is 2.31. The predicted octanol–water partition coefficient (Wildman–Crippen LogP) is 4.97. The summed E-state index contributed by atoms with van der Waals surface area (Å²) >= 11 is 12.1. The highest BCUT2D eigenvalue weighted by Gasteiger charge is 2.22. The van der Waals surface area contributed by atoms with Crippen LogP contribution in [-0.4, -0.2) is 21.2 Å². The Kier molecular flexibility index (Phi) is 4.62. The second-order valence-corrected chi connectivity index (χ2v) is 7.42. The molecule has 0 radical (unpaired) electrons. The largest absolute Gasteiger partial charge is 0.463 e. The molecule has 0 aliphatic rings. The average Bonchev–Trinajstić information content (AvgIpc) is 3.16. The lowest BCUT2D eigenvalue weighted by Crippen LogP contribution is -2.41. The molecule has 0 unspecified atom stereocenters. The normalized spacial score (nSPS) is 11.6. The molecule has 1 N–H and O–H groups in total. The van der Waals surface area contributed by atoms with E-state index in [-0.39, 0.29) is 11.4 Å². The van der Waals surface area contributed by atoms with E-state index in [1.54, 1.807) is 42.7 Å². The van der Waals surface area contributed by atoms with E-state index in [0.29, 0.717) is 32.9 Å². The molecule has 1 amide bonds. The minimum atomic E-state index is -0.380. The Balaban J connectivity index is 2.11. The Bertz CT molecular complexity index is 909. The molecule has 0 fully saturated rings. The number of hydrogen-bond acceptors (Lipinski definition) is 3. The molecule has 0 saturated carbocycles. The van der Waals surface area contributed by atoms with Crippen LogP contribution in [0.1, 0.15) is 31.3 Å². The highest BCUT2D eigenvalue weighted by molar-refractivity contribution is 6.42. The molecule has 0 aliphatic carbocycles. The minimum absolute atomic E-state index is 0.246. The summed E-state index contributed by atoms with van der Waals surface area (Å²) in [6.45, 7) is 5.74. The first-order valence-corrected chi connectivity index (χ1v) is 8.42. The van der Waals surface area contributed by atoms with Crippen molar-refractivity contribution in [3.05, 3.63) is 58.4 Å². The fraction of sp³-hybridized carbons (Fsp3) is 0.222. The van der Waals surface area contributed by atoms with E-state index >= 15 is 0 Å². The number of carbonyl (C=O) groups is 1. The van der Waals surface area contributed by atoms with E-state index in [2.05, 4.69) is 10.4 Å². The number of hydrogen-bond donors (Lipinski definition) is 1. The highest BCUT2D eigenvalue weighted by atomic mass is 35.5. The van der Waals surface area contributed by atoms with Crippen LogP contribution < -0.4 is 5.32 Å². The summed E-state index contributed by atoms with van der Waals surface area (Å²) in [6, 6.07) is 10.3. The maximum absolute atomic E-state index is 12.7. The van der Waals surface area contributed by atoms with Gasteiger partial charge in [0.2, 0.25) is 0 Å². The van der Waals surface area contributed by atoms with E-state index < -0.39 is 0 Å². The molecular weight excluding hydrogens is 361 g/mol. The number of amides is 1. The van der Waals surface area contributed by atoms with Crippen molar-refractivity contribution in [3.8, 4) is 17.1 Å². The number of benzene rings is 1. The van der Waals surface area contributed by atoms with Gasteiger partial charge in [-0.3, -0.25) is 4.79 Å². The first-order chi connectivity index (χ1) is 11.7. The Morgan fingerprint density at radius 2 is 1.92 bits per heavy atom. The zero-order valence-corrected chi connectivity index (χ0v) is 15.5. The number of aromatic nitrogens is 2. The van der Waals surface area contributed by atoms with Crippen LogP contribution >= 0.6 is 23.2 Å². The number of rotatable bonds is 3. The van der Waals surface area contributed by atoms with Crippen LogP contribution in [0, 0.1) is 0 Å². The summed E-state index contributed by atoms with van der Waals surface area (Å²) in [7, 11) is 0. The summed E-state index contributed by atoms with van der Waals surface area (Å²) in [5, 5.41) is 8.27. The van der Waals surface area contributed by atoms with Gasteiger partial charge in [0.05, 0.1) is 22.0 Å². The first-order valence-electron chi connectivity index (χ1n) is 7.66. The third-order valence-corrected chi connectivity index (χ3v) is 4.09. The topological polar surface area (TPSA) is 60.1 Å². The second kappa shape index (κ2) is 6.58. The molecule has 2 heterocycles. The monoisotopic (exact) mass is 377 g/mol. The lowest BCUT2D eigenvalue weighted by molar-refractivity contribution is 0.0911. The van der Waals surface area contributed by atoms with Crippen molar-refractivity contribution in [1.82, 2.24) is 15.1 Å². The van der Waals surface area contributed by atoms with Crippen LogP contribution in [0.5, 0.6) is 0 Å². The van der Waals surface area contributed by atoms with Crippen LogP contribution in [0.25, 0.3) is 17.1 Å². The Morgan fingerprint density at radius 3 is 2.52 bits per heavy atom. The van der Waals surface area contributed by atoms with Gasteiger partial charge in [0, 0.05) is 11.6 Å². The van der Waals surface area contributed by atoms with Crippen molar-refractivity contribution in [2.24, 2.45) is 0 Å². The van der Waals surface area contributed by atoms with Gasteiger partial charge in [-0.15, -0.1) is 0 Å². The zero-order valence-electron chi connectivity index (χ0n) is 14.0. The molecule has 0 aliphatic heterocycles. The van der Waals surface area contributed by atoms with E-state index in [1.165, 1.54) is 4.68 Å². The third kappa shape index (κ3) is 3.89. The Hall–Kier alpha value is -2.24. The Labute approximate surface area is 155 Å². The average molecular weight is 378 g/mol. The summed E-state index contributed by atoms with van der Waals surface area (Å²) in [4.78, 5) is 12.7. The van der Waals surface area contributed by atoms with Gasteiger partial charge in [0.25, 0.3) is 5.91 Å². The lowest BCUT2D eigenvalue weighted by Gasteiger charge is -2.20. The maximum atomic E-state index is 12.7. The van der Waals surface area contributed by atoms with Crippen LogP contribution in [0.15, 0.2) is 47.1 Å². The van der Waals surface area contributed by atoms with E-state index in [1.807, 2.05) is 20.8 Å². The smallest absolute Gasteiger partial charge is 0.270 e. The number of nitrogens with one attached hydrogen (secondary N) is 1. The minimum Gasteiger partial charge on any atom is -0.463 e. The van der Waals surface area contributed by atoms with Gasteiger partial charge >= 0.3 is 0 Å². The van der Waals surface area contributed by atoms with Gasteiger partial charge in [0.1, 0.15) is 11.4 Å². The van der Waals surface area contributed by atoms with Crippen molar-refractivity contribution in [2.75, 3.05) is 0 Å². The molecule has 0 spiro atoms. The van der Waals surface area contributed by atoms with Gasteiger partial charge < -0.3 is 9.73 Å². The second-order valence-electron chi connectivity index (χ2n) is 6.61. The van der Waals surface area contributed by atoms with Crippen molar-refractivity contribution < 1.29 is 9.21 Å². The number of halogens is 2. The predicted molar refractivity (Wildman–Crippen MR) is 98.5 cm³/mol. The standard InChI is InChI=1S/C18H17Cl2N3O2/c1-18(2,3)21-17(24)15-10-14(16-5-4-8-25-16)22-23(15)11-6-7-12(19)13(20)9-11/h4-10H,1-3H3,(H,21,24). The molecule has 1 aromatic carbocycles. The highest BCUT2D eigenvalue weighted by Crippen LogP contribution is 2.27. The number of nitrogens with zero attached hydrogens (tertiary/aromatic N) is 2. The molecule has 7 heteroatoms. The van der Waals surface area contributed by atoms with Gasteiger partial charge in [-0.2, -0.15) is 5.10 Å². The summed E-state index contributed by atoms with van der Waals surface area (Å²) in [5.41, 5.74) is 1.18. The van der Waals surface area contributed by atoms with Crippen LogP contribution in [0.3, 0.4) is 0 Å². The molecule has 0 bridgehead atoms. The van der Waals surface area contributed by atoms with Crippen LogP contribution in [-0.2, 0) is 0 Å². The molecule has 5 nitrogen and oxygen atoms in total. The van der Waals surface area contributed by atoms with E-state index in [9.17, 15) is 4.79 Å². The molecule has 2 aromatic heterocycles. The van der Waals surface area contributed by atoms with E-state index in [0.717, 1.165) is 0 Å². The van der Waals surface area contributed by atoms with Gasteiger partial charge in [-0.1, -0.05) is 23.2 Å². The van der Waals surface area contributed by atoms with Crippen LogP contribution in [0.4, 0.5) is 0 Å². The van der Waals surface area contributed by atoms with Crippen molar-refractivity contribution in [2.45, 2.75) is 26.3 Å². The van der Waals surface area contributed by atoms with Crippen LogP contribution in [0.2, 0.25) is 10.0 Å². The SMILES string of the molecule is CC(C)(C)NC(=O)c1cc(-c2ccco2)nn1-c1ccc(Cl)c(Cl)c1. The van der Waals surface area contributed by atoms with E-state index in [4.69, 9.17) is 27.6 Å². The lowest BCUT2D eigenvalue weighted by atomic mass is 10.1. The first kappa shape index (κ1) is 17.6. The van der Waals surface area contributed by atoms with Crippen molar-refractivity contribution >= 4 is 29.1 Å². The van der Waals surface area contributed by atoms with Crippen molar-refractivity contribution in [3.63, 3.8) is 0 Å². The number of furan rings is 1. The van der Waals surface area contributed by atoms with Gasteiger partial charge in [-0.25, -0.2) is 4.68 Å². The van der Waals surface area contributed by atoms with Crippen molar-refractivity contribution in [1.29, 1.82) is 0 Å². The Morgan fingerprint density at radius 1 is 1.16 bits per heavy atom. The summed E-state index contributed by atoms with van der Waals surface area (Å²) < 4.78 is 6.92. The number of carbonyl (C=O) groups excluding carboxylic acids is 1.